The van der Waals surface area contributed by atoms with Crippen molar-refractivity contribution >= 4 is 6.09 Å². The highest BCUT2D eigenvalue weighted by atomic mass is 16.6. The Labute approximate surface area is 116 Å². The lowest BCUT2D eigenvalue weighted by Gasteiger charge is -2.21. The van der Waals surface area contributed by atoms with Gasteiger partial charge in [-0.15, -0.1) is 0 Å². The molecule has 1 heterocycles. The van der Waals surface area contributed by atoms with Gasteiger partial charge in [0.1, 0.15) is 5.60 Å². The monoisotopic (exact) mass is 271 g/mol. The van der Waals surface area contributed by atoms with Gasteiger partial charge in [0.2, 0.25) is 0 Å². The highest BCUT2D eigenvalue weighted by Crippen LogP contribution is 2.10. The second-order valence-corrected chi connectivity index (χ2v) is 6.31. The Morgan fingerprint density at radius 3 is 2.74 bits per heavy atom. The molecule has 1 fully saturated rings. The number of carbonyl (C=O) groups is 1. The molecule has 0 bridgehead atoms. The standard InChI is InChI=1S/C14H29N3O2/c1-11(10-12-6-5-7-16-12)15-8-9-17-13(18)19-14(2,3)4/h11-12,15-16H,5-10H2,1-4H3,(H,17,18). The summed E-state index contributed by atoms with van der Waals surface area (Å²) in [4.78, 5) is 11.4. The summed E-state index contributed by atoms with van der Waals surface area (Å²) in [6.45, 7) is 10.3. The lowest BCUT2D eigenvalue weighted by molar-refractivity contribution is 0.0528. The average Bonchev–Trinajstić information content (AvgIpc) is 2.74. The number of hydrogen-bond donors (Lipinski definition) is 3. The maximum Gasteiger partial charge on any atom is 0.407 e. The van der Waals surface area contributed by atoms with E-state index < -0.39 is 5.60 Å². The van der Waals surface area contributed by atoms with Gasteiger partial charge in [-0.05, 0) is 53.5 Å². The highest BCUT2D eigenvalue weighted by molar-refractivity contribution is 5.67. The van der Waals surface area contributed by atoms with Gasteiger partial charge in [-0.2, -0.15) is 0 Å². The maximum atomic E-state index is 11.4. The molecular weight excluding hydrogens is 242 g/mol. The molecule has 5 heteroatoms. The SMILES string of the molecule is CC(CC1CCCN1)NCCNC(=O)OC(C)(C)C. The topological polar surface area (TPSA) is 62.4 Å². The number of ether oxygens (including phenoxy) is 1. The fraction of sp³-hybridized carbons (Fsp3) is 0.929. The average molecular weight is 271 g/mol. The van der Waals surface area contributed by atoms with Gasteiger partial charge < -0.3 is 20.7 Å². The van der Waals surface area contributed by atoms with Crippen molar-refractivity contribution < 1.29 is 9.53 Å². The van der Waals surface area contributed by atoms with E-state index in [4.69, 9.17) is 4.74 Å². The molecule has 0 spiro atoms. The lowest BCUT2D eigenvalue weighted by atomic mass is 10.1. The van der Waals surface area contributed by atoms with Gasteiger partial charge in [-0.3, -0.25) is 0 Å². The van der Waals surface area contributed by atoms with Gasteiger partial charge in [-0.1, -0.05) is 0 Å². The number of nitrogens with one attached hydrogen (secondary N) is 3. The van der Waals surface area contributed by atoms with Gasteiger partial charge in [-0.25, -0.2) is 4.79 Å². The number of rotatable bonds is 6. The molecular formula is C14H29N3O2. The van der Waals surface area contributed by atoms with Crippen LogP contribution in [-0.4, -0.2) is 43.4 Å². The van der Waals surface area contributed by atoms with Gasteiger partial charge in [0.05, 0.1) is 0 Å². The van der Waals surface area contributed by atoms with E-state index in [9.17, 15) is 4.79 Å². The Morgan fingerprint density at radius 2 is 2.16 bits per heavy atom. The van der Waals surface area contributed by atoms with Crippen LogP contribution < -0.4 is 16.0 Å². The first-order valence-electron chi connectivity index (χ1n) is 7.30. The first-order chi connectivity index (χ1) is 8.87. The molecule has 2 unspecified atom stereocenters. The van der Waals surface area contributed by atoms with Gasteiger partial charge in [0.15, 0.2) is 0 Å². The van der Waals surface area contributed by atoms with Crippen LogP contribution in [-0.2, 0) is 4.74 Å². The molecule has 112 valence electrons. The summed E-state index contributed by atoms with van der Waals surface area (Å²) in [6, 6.07) is 1.12. The second kappa shape index (κ2) is 7.70. The summed E-state index contributed by atoms with van der Waals surface area (Å²) in [7, 11) is 0. The van der Waals surface area contributed by atoms with Crippen LogP contribution in [0.1, 0.15) is 47.0 Å². The van der Waals surface area contributed by atoms with Crippen LogP contribution in [0.3, 0.4) is 0 Å². The summed E-state index contributed by atoms with van der Waals surface area (Å²) in [5.74, 6) is 0. The Hall–Kier alpha value is -0.810. The van der Waals surface area contributed by atoms with Crippen molar-refractivity contribution in [3.05, 3.63) is 0 Å². The molecule has 1 rings (SSSR count). The number of hydrogen-bond acceptors (Lipinski definition) is 4. The highest BCUT2D eigenvalue weighted by Gasteiger charge is 2.17. The molecule has 0 aromatic rings. The molecule has 2 atom stereocenters. The third-order valence-electron chi connectivity index (χ3n) is 3.09. The van der Waals surface area contributed by atoms with Crippen molar-refractivity contribution in [2.75, 3.05) is 19.6 Å². The van der Waals surface area contributed by atoms with Crippen LogP contribution in [0.5, 0.6) is 0 Å². The van der Waals surface area contributed by atoms with Gasteiger partial charge >= 0.3 is 6.09 Å². The molecule has 1 amide bonds. The zero-order valence-corrected chi connectivity index (χ0v) is 12.7. The zero-order valence-electron chi connectivity index (χ0n) is 12.7. The molecule has 0 aromatic carbocycles. The molecule has 0 saturated carbocycles. The van der Waals surface area contributed by atoms with Crippen LogP contribution in [0.2, 0.25) is 0 Å². The Balaban J connectivity index is 2.01. The van der Waals surface area contributed by atoms with E-state index in [2.05, 4.69) is 22.9 Å². The van der Waals surface area contributed by atoms with Crippen LogP contribution in [0.25, 0.3) is 0 Å². The first kappa shape index (κ1) is 16.2. The third kappa shape index (κ3) is 8.06. The molecule has 0 radical (unpaired) electrons. The van der Waals surface area contributed by atoms with Crippen LogP contribution in [0, 0.1) is 0 Å². The molecule has 5 nitrogen and oxygen atoms in total. The van der Waals surface area contributed by atoms with Crippen molar-refractivity contribution in [1.29, 1.82) is 0 Å². The molecule has 0 aromatic heterocycles. The van der Waals surface area contributed by atoms with Crippen LogP contribution >= 0.6 is 0 Å². The maximum absolute atomic E-state index is 11.4. The minimum Gasteiger partial charge on any atom is -0.444 e. The van der Waals surface area contributed by atoms with E-state index in [0.29, 0.717) is 18.6 Å². The van der Waals surface area contributed by atoms with Crippen molar-refractivity contribution in [3.8, 4) is 0 Å². The van der Waals surface area contributed by atoms with E-state index in [1.807, 2.05) is 20.8 Å². The van der Waals surface area contributed by atoms with Crippen LogP contribution in [0.4, 0.5) is 4.79 Å². The largest absolute Gasteiger partial charge is 0.444 e. The fourth-order valence-electron chi connectivity index (χ4n) is 2.27. The summed E-state index contributed by atoms with van der Waals surface area (Å²) >= 11 is 0. The summed E-state index contributed by atoms with van der Waals surface area (Å²) in [6.07, 6.45) is 3.37. The number of carbonyl (C=O) groups excluding carboxylic acids is 1. The Kier molecular flexibility index (Phi) is 6.58. The fourth-order valence-corrected chi connectivity index (χ4v) is 2.27. The lowest BCUT2D eigenvalue weighted by Crippen LogP contribution is -2.40. The minimum absolute atomic E-state index is 0.348. The third-order valence-corrected chi connectivity index (χ3v) is 3.09. The number of amides is 1. The molecule has 0 aliphatic carbocycles. The van der Waals surface area contributed by atoms with Crippen molar-refractivity contribution in [3.63, 3.8) is 0 Å². The van der Waals surface area contributed by atoms with Gasteiger partial charge in [0.25, 0.3) is 0 Å². The second-order valence-electron chi connectivity index (χ2n) is 6.31. The Bertz CT molecular complexity index is 270. The van der Waals surface area contributed by atoms with E-state index in [-0.39, 0.29) is 6.09 Å². The smallest absolute Gasteiger partial charge is 0.407 e. The molecule has 19 heavy (non-hydrogen) atoms. The predicted octanol–water partition coefficient (Wildman–Crippen LogP) is 1.63. The quantitative estimate of drug-likeness (QED) is 0.643. The normalized spacial score (nSPS) is 21.2. The van der Waals surface area contributed by atoms with E-state index in [1.54, 1.807) is 0 Å². The van der Waals surface area contributed by atoms with Crippen LogP contribution in [0.15, 0.2) is 0 Å². The van der Waals surface area contributed by atoms with Crippen molar-refractivity contribution in [2.45, 2.75) is 64.6 Å². The molecule has 3 N–H and O–H groups in total. The van der Waals surface area contributed by atoms with E-state index in [1.165, 1.54) is 12.8 Å². The minimum atomic E-state index is -0.432. The Morgan fingerprint density at radius 1 is 1.42 bits per heavy atom. The number of alkyl carbamates (subject to hydrolysis) is 1. The summed E-state index contributed by atoms with van der Waals surface area (Å²) in [5.41, 5.74) is -0.432. The zero-order chi connectivity index (χ0) is 14.3. The predicted molar refractivity (Wildman–Crippen MR) is 77.3 cm³/mol. The summed E-state index contributed by atoms with van der Waals surface area (Å²) < 4.78 is 5.16. The summed E-state index contributed by atoms with van der Waals surface area (Å²) in [5, 5.41) is 9.66. The van der Waals surface area contributed by atoms with E-state index in [0.717, 1.165) is 19.5 Å². The molecule has 1 aliphatic rings. The molecule has 1 saturated heterocycles. The van der Waals surface area contributed by atoms with Crippen molar-refractivity contribution in [2.24, 2.45) is 0 Å². The van der Waals surface area contributed by atoms with E-state index >= 15 is 0 Å². The van der Waals surface area contributed by atoms with Crippen molar-refractivity contribution in [1.82, 2.24) is 16.0 Å². The molecule has 1 aliphatic heterocycles. The first-order valence-corrected chi connectivity index (χ1v) is 7.30. The van der Waals surface area contributed by atoms with Gasteiger partial charge in [0, 0.05) is 25.2 Å².